The molecule has 0 bridgehead atoms. The van der Waals surface area contributed by atoms with E-state index in [9.17, 15) is 13.2 Å². The van der Waals surface area contributed by atoms with Crippen LogP contribution in [-0.2, 0) is 6.18 Å². The fourth-order valence-electron chi connectivity index (χ4n) is 1.58. The summed E-state index contributed by atoms with van der Waals surface area (Å²) in [5.41, 5.74) is -0.804. The Balaban J connectivity index is 2.04. The number of nitrogens with zero attached hydrogens (tertiary/aromatic N) is 1. The molecule has 0 radical (unpaired) electrons. The second kappa shape index (κ2) is 3.91. The number of alkyl halides is 3. The molecule has 0 spiro atoms. The Labute approximate surface area is 105 Å². The molecule has 0 saturated heterocycles. The van der Waals surface area contributed by atoms with Crippen LogP contribution in [0.2, 0.25) is 0 Å². The van der Waals surface area contributed by atoms with Crippen LogP contribution in [-0.4, -0.2) is 4.98 Å². The fourth-order valence-corrected chi connectivity index (χ4v) is 2.45. The number of fused-ring (bicyclic) bond motifs is 2. The van der Waals surface area contributed by atoms with Gasteiger partial charge in [-0.05, 0) is 18.2 Å². The van der Waals surface area contributed by atoms with E-state index in [2.05, 4.69) is 4.98 Å². The van der Waals surface area contributed by atoms with Gasteiger partial charge in [-0.1, -0.05) is 23.9 Å². The quantitative estimate of drug-likeness (QED) is 0.605. The van der Waals surface area contributed by atoms with Crippen LogP contribution < -0.4 is 4.74 Å². The molecule has 1 aromatic carbocycles. The largest absolute Gasteiger partial charge is 0.453 e. The lowest BCUT2D eigenvalue weighted by molar-refractivity contribution is -0.138. The monoisotopic (exact) mass is 269 g/mol. The standard InChI is InChI=1S/C12H6F3NOS/c13-12(14,15)7-5-9-11(16-6-7)18-10-4-2-1-3-8(10)17-9/h1-6H. The highest BCUT2D eigenvalue weighted by molar-refractivity contribution is 7.99. The lowest BCUT2D eigenvalue weighted by Gasteiger charge is -2.19. The molecule has 2 heterocycles. The zero-order valence-corrected chi connectivity index (χ0v) is 9.68. The van der Waals surface area contributed by atoms with E-state index in [0.29, 0.717) is 10.8 Å². The van der Waals surface area contributed by atoms with Crippen LogP contribution in [0.1, 0.15) is 5.56 Å². The molecule has 0 saturated carbocycles. The molecule has 6 heteroatoms. The van der Waals surface area contributed by atoms with Gasteiger partial charge in [-0.2, -0.15) is 13.2 Å². The van der Waals surface area contributed by atoms with E-state index < -0.39 is 11.7 Å². The minimum Gasteiger partial charge on any atom is -0.453 e. The predicted octanol–water partition coefficient (Wildman–Crippen LogP) is 4.36. The molecule has 0 unspecified atom stereocenters. The van der Waals surface area contributed by atoms with Crippen LogP contribution in [0.3, 0.4) is 0 Å². The van der Waals surface area contributed by atoms with E-state index in [4.69, 9.17) is 4.74 Å². The first-order chi connectivity index (χ1) is 8.54. The Hall–Kier alpha value is -1.69. The van der Waals surface area contributed by atoms with Gasteiger partial charge in [0.1, 0.15) is 10.8 Å². The normalized spacial score (nSPS) is 13.5. The Morgan fingerprint density at radius 1 is 1.11 bits per heavy atom. The Morgan fingerprint density at radius 3 is 2.67 bits per heavy atom. The predicted molar refractivity (Wildman–Crippen MR) is 59.9 cm³/mol. The molecule has 92 valence electrons. The number of hydrogen-bond acceptors (Lipinski definition) is 3. The molecule has 2 nitrogen and oxygen atoms in total. The van der Waals surface area contributed by atoms with Gasteiger partial charge in [0.2, 0.25) is 0 Å². The number of para-hydroxylation sites is 1. The van der Waals surface area contributed by atoms with E-state index in [1.807, 2.05) is 12.1 Å². The van der Waals surface area contributed by atoms with Crippen molar-refractivity contribution in [1.82, 2.24) is 4.98 Å². The van der Waals surface area contributed by atoms with Crippen molar-refractivity contribution in [3.63, 3.8) is 0 Å². The van der Waals surface area contributed by atoms with E-state index in [-0.39, 0.29) is 5.75 Å². The molecular weight excluding hydrogens is 263 g/mol. The molecule has 0 N–H and O–H groups in total. The van der Waals surface area contributed by atoms with Crippen LogP contribution in [0, 0.1) is 0 Å². The first-order valence-electron chi connectivity index (χ1n) is 5.06. The number of aromatic nitrogens is 1. The van der Waals surface area contributed by atoms with Gasteiger partial charge in [-0.25, -0.2) is 4.98 Å². The molecule has 1 aromatic heterocycles. The van der Waals surface area contributed by atoms with Crippen molar-refractivity contribution >= 4 is 11.8 Å². The van der Waals surface area contributed by atoms with Crippen molar-refractivity contribution in [3.8, 4) is 11.5 Å². The third kappa shape index (κ3) is 1.92. The van der Waals surface area contributed by atoms with Crippen molar-refractivity contribution in [3.05, 3.63) is 42.1 Å². The SMILES string of the molecule is FC(F)(F)c1cnc2c(c1)Oc1ccccc1S2. The zero-order valence-electron chi connectivity index (χ0n) is 8.86. The molecule has 1 aliphatic rings. The maximum Gasteiger partial charge on any atom is 0.418 e. The van der Waals surface area contributed by atoms with Gasteiger partial charge in [0.25, 0.3) is 0 Å². The number of rotatable bonds is 0. The highest BCUT2D eigenvalue weighted by atomic mass is 32.2. The number of benzene rings is 1. The minimum atomic E-state index is -4.41. The molecule has 0 fully saturated rings. The Morgan fingerprint density at radius 2 is 1.89 bits per heavy atom. The minimum absolute atomic E-state index is 0.147. The van der Waals surface area contributed by atoms with Crippen molar-refractivity contribution < 1.29 is 17.9 Å². The summed E-state index contributed by atoms with van der Waals surface area (Å²) in [5, 5.41) is 0.446. The van der Waals surface area contributed by atoms with Gasteiger partial charge in [-0.3, -0.25) is 0 Å². The van der Waals surface area contributed by atoms with Crippen LogP contribution in [0.4, 0.5) is 13.2 Å². The summed E-state index contributed by atoms with van der Waals surface area (Å²) < 4.78 is 43.1. The highest BCUT2D eigenvalue weighted by Crippen LogP contribution is 2.46. The maximum absolute atomic E-state index is 12.6. The van der Waals surface area contributed by atoms with Crippen LogP contribution in [0.5, 0.6) is 11.5 Å². The van der Waals surface area contributed by atoms with Crippen LogP contribution in [0.15, 0.2) is 46.5 Å². The van der Waals surface area contributed by atoms with Gasteiger partial charge in [0.15, 0.2) is 5.75 Å². The van der Waals surface area contributed by atoms with Gasteiger partial charge in [-0.15, -0.1) is 0 Å². The third-order valence-corrected chi connectivity index (χ3v) is 3.48. The first-order valence-corrected chi connectivity index (χ1v) is 5.88. The summed E-state index contributed by atoms with van der Waals surface area (Å²) in [4.78, 5) is 4.65. The number of ether oxygens (including phenoxy) is 1. The van der Waals surface area contributed by atoms with Crippen molar-refractivity contribution in [1.29, 1.82) is 0 Å². The third-order valence-electron chi connectivity index (χ3n) is 2.42. The molecule has 1 aliphatic heterocycles. The lowest BCUT2D eigenvalue weighted by Crippen LogP contribution is -2.07. The zero-order chi connectivity index (χ0) is 12.8. The van der Waals surface area contributed by atoms with Crippen molar-refractivity contribution in [2.24, 2.45) is 0 Å². The number of hydrogen-bond donors (Lipinski definition) is 0. The topological polar surface area (TPSA) is 22.1 Å². The highest BCUT2D eigenvalue weighted by Gasteiger charge is 2.33. The Kier molecular flexibility index (Phi) is 2.48. The van der Waals surface area contributed by atoms with E-state index in [1.165, 1.54) is 11.8 Å². The van der Waals surface area contributed by atoms with E-state index in [1.54, 1.807) is 12.1 Å². The molecule has 0 atom stereocenters. The maximum atomic E-state index is 12.6. The number of pyridine rings is 1. The van der Waals surface area contributed by atoms with E-state index in [0.717, 1.165) is 17.2 Å². The molecule has 3 rings (SSSR count). The summed E-state index contributed by atoms with van der Waals surface area (Å²) in [6.07, 6.45) is -3.59. The average Bonchev–Trinajstić information content (AvgIpc) is 2.34. The first kappa shape index (κ1) is 11.4. The second-order valence-corrected chi connectivity index (χ2v) is 4.71. The summed E-state index contributed by atoms with van der Waals surface area (Å²) >= 11 is 1.30. The number of halogens is 3. The summed E-state index contributed by atoms with van der Waals surface area (Å²) in [6.45, 7) is 0. The summed E-state index contributed by atoms with van der Waals surface area (Å²) in [6, 6.07) is 8.13. The van der Waals surface area contributed by atoms with Gasteiger partial charge in [0.05, 0.1) is 10.5 Å². The molecule has 0 aliphatic carbocycles. The Bertz CT molecular complexity index is 613. The smallest absolute Gasteiger partial charge is 0.418 e. The molecule has 18 heavy (non-hydrogen) atoms. The average molecular weight is 269 g/mol. The van der Waals surface area contributed by atoms with Gasteiger partial charge < -0.3 is 4.74 Å². The second-order valence-electron chi connectivity index (χ2n) is 3.68. The lowest BCUT2D eigenvalue weighted by atomic mass is 10.2. The van der Waals surface area contributed by atoms with Gasteiger partial charge in [0, 0.05) is 6.20 Å². The van der Waals surface area contributed by atoms with Crippen molar-refractivity contribution in [2.45, 2.75) is 16.1 Å². The van der Waals surface area contributed by atoms with Crippen molar-refractivity contribution in [2.75, 3.05) is 0 Å². The fraction of sp³-hybridized carbons (Fsp3) is 0.0833. The summed E-state index contributed by atoms with van der Waals surface area (Å²) in [5.74, 6) is 0.699. The van der Waals surface area contributed by atoms with Crippen LogP contribution >= 0.6 is 11.8 Å². The molecule has 0 amide bonds. The van der Waals surface area contributed by atoms with Crippen LogP contribution in [0.25, 0.3) is 0 Å². The molecular formula is C12H6F3NOS. The summed E-state index contributed by atoms with van der Waals surface area (Å²) in [7, 11) is 0. The van der Waals surface area contributed by atoms with E-state index >= 15 is 0 Å². The van der Waals surface area contributed by atoms with Gasteiger partial charge >= 0.3 is 6.18 Å². The molecule has 2 aromatic rings.